The summed E-state index contributed by atoms with van der Waals surface area (Å²) in [5.41, 5.74) is 5.97. The lowest BCUT2D eigenvalue weighted by atomic mass is 9.87. The van der Waals surface area contributed by atoms with E-state index >= 15 is 0 Å². The lowest BCUT2D eigenvalue weighted by Gasteiger charge is -2.17. The van der Waals surface area contributed by atoms with Gasteiger partial charge < -0.3 is 14.7 Å². The van der Waals surface area contributed by atoms with Crippen molar-refractivity contribution in [2.75, 3.05) is 0 Å². The van der Waals surface area contributed by atoms with Gasteiger partial charge in [-0.2, -0.15) is 0 Å². The van der Waals surface area contributed by atoms with Crippen molar-refractivity contribution in [2.45, 2.75) is 39.2 Å². The Balaban J connectivity index is 1.65. The molecule has 2 heterocycles. The number of H-pyrrole nitrogens is 1. The third-order valence-electron chi connectivity index (χ3n) is 5.50. The van der Waals surface area contributed by atoms with Gasteiger partial charge in [0.15, 0.2) is 0 Å². The van der Waals surface area contributed by atoms with E-state index in [2.05, 4.69) is 72.8 Å². The van der Waals surface area contributed by atoms with Crippen molar-refractivity contribution in [1.82, 2.24) is 10.3 Å². The highest BCUT2D eigenvalue weighted by Crippen LogP contribution is 2.34. The molecular weight excluding hydrogens is 360 g/mol. The van der Waals surface area contributed by atoms with Gasteiger partial charge in [-0.3, -0.25) is 4.79 Å². The van der Waals surface area contributed by atoms with Crippen LogP contribution in [0.1, 0.15) is 47.3 Å². The van der Waals surface area contributed by atoms with Crippen molar-refractivity contribution < 1.29 is 9.21 Å². The summed E-state index contributed by atoms with van der Waals surface area (Å²) >= 11 is 0. The molecule has 1 amide bonds. The van der Waals surface area contributed by atoms with Gasteiger partial charge in [0.2, 0.25) is 5.91 Å². The number of para-hydroxylation sites is 1. The Bertz CT molecular complexity index is 1090. The molecule has 0 aliphatic carbocycles. The van der Waals surface area contributed by atoms with Crippen LogP contribution in [0.4, 0.5) is 0 Å². The second-order valence-electron chi connectivity index (χ2n) is 7.46. The van der Waals surface area contributed by atoms with Crippen molar-refractivity contribution in [3.05, 3.63) is 95.1 Å². The Hall–Kier alpha value is -3.27. The summed E-state index contributed by atoms with van der Waals surface area (Å²) in [6.07, 6.45) is 5.03. The monoisotopic (exact) mass is 386 g/mol. The van der Waals surface area contributed by atoms with Gasteiger partial charge in [0, 0.05) is 29.4 Å². The standard InChI is InChI=1S/C25H26N2O2/c1-3-18-6-4-8-21-23(16-27-25(18)21)22(19-11-9-17(2)10-12-19)14-24(28)26-15-20-7-5-13-29-20/h4-13,16,22,27H,3,14-15H2,1-2H3,(H,26,28). The minimum absolute atomic E-state index is 0.00738. The van der Waals surface area contributed by atoms with Gasteiger partial charge in [0.25, 0.3) is 0 Å². The summed E-state index contributed by atoms with van der Waals surface area (Å²) < 4.78 is 5.32. The molecule has 0 radical (unpaired) electrons. The number of aromatic amines is 1. The second-order valence-corrected chi connectivity index (χ2v) is 7.46. The maximum Gasteiger partial charge on any atom is 0.221 e. The fourth-order valence-corrected chi connectivity index (χ4v) is 3.88. The highest BCUT2D eigenvalue weighted by atomic mass is 16.3. The van der Waals surface area contributed by atoms with E-state index in [-0.39, 0.29) is 11.8 Å². The number of furan rings is 1. The van der Waals surface area contributed by atoms with E-state index in [1.165, 1.54) is 16.5 Å². The maximum absolute atomic E-state index is 12.8. The van der Waals surface area contributed by atoms with E-state index in [9.17, 15) is 4.79 Å². The smallest absolute Gasteiger partial charge is 0.221 e. The average molecular weight is 386 g/mol. The molecule has 0 saturated carbocycles. The number of benzene rings is 2. The van der Waals surface area contributed by atoms with Crippen molar-refractivity contribution >= 4 is 16.8 Å². The number of carbonyl (C=O) groups is 1. The SMILES string of the molecule is CCc1cccc2c(C(CC(=O)NCc3ccco3)c3ccc(C)cc3)c[nH]c12. The third-order valence-corrected chi connectivity index (χ3v) is 5.50. The number of nitrogens with one attached hydrogen (secondary N) is 2. The Morgan fingerprint density at radius 2 is 1.93 bits per heavy atom. The molecule has 0 aliphatic heterocycles. The van der Waals surface area contributed by atoms with Crippen LogP contribution < -0.4 is 5.32 Å². The summed E-state index contributed by atoms with van der Waals surface area (Å²) in [6.45, 7) is 4.64. The summed E-state index contributed by atoms with van der Waals surface area (Å²) in [6, 6.07) is 18.6. The van der Waals surface area contributed by atoms with Crippen LogP contribution in [-0.2, 0) is 17.8 Å². The third kappa shape index (κ3) is 4.11. The van der Waals surface area contributed by atoms with E-state index in [0.29, 0.717) is 13.0 Å². The average Bonchev–Trinajstić information content (AvgIpc) is 3.41. The summed E-state index contributed by atoms with van der Waals surface area (Å²) in [4.78, 5) is 16.2. The minimum Gasteiger partial charge on any atom is -0.467 e. The first-order valence-corrected chi connectivity index (χ1v) is 10.1. The summed E-state index contributed by atoms with van der Waals surface area (Å²) in [5.74, 6) is 0.742. The van der Waals surface area contributed by atoms with Gasteiger partial charge in [-0.05, 0) is 42.2 Å². The zero-order valence-electron chi connectivity index (χ0n) is 16.9. The molecule has 4 heteroatoms. The Labute approximate surface area is 170 Å². The number of fused-ring (bicyclic) bond motifs is 1. The molecule has 148 valence electrons. The number of hydrogen-bond donors (Lipinski definition) is 2. The first-order chi connectivity index (χ1) is 14.2. The summed E-state index contributed by atoms with van der Waals surface area (Å²) in [7, 11) is 0. The van der Waals surface area contributed by atoms with Crippen LogP contribution in [0.3, 0.4) is 0 Å². The molecule has 1 unspecified atom stereocenters. The number of amides is 1. The molecule has 2 aromatic heterocycles. The molecule has 2 aromatic carbocycles. The van der Waals surface area contributed by atoms with Crippen LogP contribution in [0.25, 0.3) is 10.9 Å². The van der Waals surface area contributed by atoms with Gasteiger partial charge in [0.1, 0.15) is 5.76 Å². The fourth-order valence-electron chi connectivity index (χ4n) is 3.88. The van der Waals surface area contributed by atoms with E-state index in [0.717, 1.165) is 28.8 Å². The zero-order valence-corrected chi connectivity index (χ0v) is 16.9. The molecule has 0 bridgehead atoms. The maximum atomic E-state index is 12.8. The molecule has 0 spiro atoms. The highest BCUT2D eigenvalue weighted by molar-refractivity contribution is 5.88. The first kappa shape index (κ1) is 19.1. The van der Waals surface area contributed by atoms with Crippen LogP contribution in [0.5, 0.6) is 0 Å². The lowest BCUT2D eigenvalue weighted by Crippen LogP contribution is -2.24. The van der Waals surface area contributed by atoms with E-state index in [1.807, 2.05) is 12.1 Å². The fraction of sp³-hybridized carbons (Fsp3) is 0.240. The van der Waals surface area contributed by atoms with E-state index in [1.54, 1.807) is 6.26 Å². The van der Waals surface area contributed by atoms with Crippen molar-refractivity contribution in [3.8, 4) is 0 Å². The van der Waals surface area contributed by atoms with Crippen LogP contribution in [0.15, 0.2) is 71.5 Å². The van der Waals surface area contributed by atoms with Crippen LogP contribution in [0, 0.1) is 6.92 Å². The molecule has 2 N–H and O–H groups in total. The van der Waals surface area contributed by atoms with Crippen LogP contribution in [-0.4, -0.2) is 10.9 Å². The van der Waals surface area contributed by atoms with Crippen LogP contribution >= 0.6 is 0 Å². The predicted octanol–water partition coefficient (Wildman–Crippen LogP) is 5.47. The minimum atomic E-state index is -0.0203. The molecule has 0 aliphatic rings. The molecule has 4 nitrogen and oxygen atoms in total. The van der Waals surface area contributed by atoms with E-state index < -0.39 is 0 Å². The van der Waals surface area contributed by atoms with Gasteiger partial charge in [-0.15, -0.1) is 0 Å². The number of rotatable bonds is 7. The Kier molecular flexibility index (Phi) is 5.52. The zero-order chi connectivity index (χ0) is 20.2. The Morgan fingerprint density at radius 1 is 1.10 bits per heavy atom. The molecule has 0 saturated heterocycles. The van der Waals surface area contributed by atoms with Crippen molar-refractivity contribution in [2.24, 2.45) is 0 Å². The molecule has 0 fully saturated rings. The number of aromatic nitrogens is 1. The van der Waals surface area contributed by atoms with Crippen LogP contribution in [0.2, 0.25) is 0 Å². The second kappa shape index (κ2) is 8.39. The predicted molar refractivity (Wildman–Crippen MR) is 116 cm³/mol. The van der Waals surface area contributed by atoms with Gasteiger partial charge >= 0.3 is 0 Å². The number of carbonyl (C=O) groups excluding carboxylic acids is 1. The molecular formula is C25H26N2O2. The molecule has 4 aromatic rings. The van der Waals surface area contributed by atoms with Gasteiger partial charge in [-0.25, -0.2) is 0 Å². The van der Waals surface area contributed by atoms with E-state index in [4.69, 9.17) is 4.42 Å². The topological polar surface area (TPSA) is 58.0 Å². The normalized spacial score (nSPS) is 12.2. The molecule has 1 atom stereocenters. The number of aryl methyl sites for hydroxylation is 2. The number of hydrogen-bond acceptors (Lipinski definition) is 2. The van der Waals surface area contributed by atoms with Crippen molar-refractivity contribution in [1.29, 1.82) is 0 Å². The largest absolute Gasteiger partial charge is 0.467 e. The molecule has 4 rings (SSSR count). The molecule has 29 heavy (non-hydrogen) atoms. The van der Waals surface area contributed by atoms with Crippen molar-refractivity contribution in [3.63, 3.8) is 0 Å². The Morgan fingerprint density at radius 3 is 2.66 bits per heavy atom. The summed E-state index contributed by atoms with van der Waals surface area (Å²) in [5, 5.41) is 4.18. The van der Waals surface area contributed by atoms with Gasteiger partial charge in [0.05, 0.1) is 12.8 Å². The first-order valence-electron chi connectivity index (χ1n) is 10.1. The lowest BCUT2D eigenvalue weighted by molar-refractivity contribution is -0.121. The highest BCUT2D eigenvalue weighted by Gasteiger charge is 2.22. The quantitative estimate of drug-likeness (QED) is 0.442. The van der Waals surface area contributed by atoms with Gasteiger partial charge in [-0.1, -0.05) is 55.0 Å².